The molecule has 2 aromatic rings. The molecule has 1 aromatic carbocycles. The quantitative estimate of drug-likeness (QED) is 0.731. The van der Waals surface area contributed by atoms with Gasteiger partial charge in [-0.25, -0.2) is 0 Å². The van der Waals surface area contributed by atoms with Crippen LogP contribution in [0.2, 0.25) is 0 Å². The summed E-state index contributed by atoms with van der Waals surface area (Å²) in [5, 5.41) is 8.37. The highest BCUT2D eigenvalue weighted by Crippen LogP contribution is 2.21. The first-order valence-corrected chi connectivity index (χ1v) is 6.33. The number of aromatic amines is 1. The van der Waals surface area contributed by atoms with Crippen molar-refractivity contribution in [2.45, 2.75) is 19.4 Å². The van der Waals surface area contributed by atoms with E-state index in [1.54, 1.807) is 0 Å². The number of H-pyrrole nitrogens is 1. The van der Waals surface area contributed by atoms with E-state index in [4.69, 9.17) is 0 Å². The fourth-order valence-corrected chi connectivity index (χ4v) is 2.58. The monoisotopic (exact) mass is 229 g/mol. The van der Waals surface area contributed by atoms with Crippen LogP contribution in [0.15, 0.2) is 24.4 Å². The molecule has 0 radical (unpaired) electrons. The van der Waals surface area contributed by atoms with Crippen LogP contribution in [0.1, 0.15) is 11.1 Å². The zero-order chi connectivity index (χ0) is 11.7. The Bertz CT molecular complexity index is 509. The lowest BCUT2D eigenvalue weighted by atomic mass is 10.0. The highest BCUT2D eigenvalue weighted by molar-refractivity contribution is 5.83. The third-order valence-electron chi connectivity index (χ3n) is 3.51. The number of piperazine rings is 1. The molecule has 0 spiro atoms. The van der Waals surface area contributed by atoms with Gasteiger partial charge in [0.15, 0.2) is 0 Å². The van der Waals surface area contributed by atoms with Crippen molar-refractivity contribution < 1.29 is 0 Å². The van der Waals surface area contributed by atoms with Gasteiger partial charge in [-0.15, -0.1) is 0 Å². The van der Waals surface area contributed by atoms with Crippen molar-refractivity contribution in [2.75, 3.05) is 19.6 Å². The topological polar surface area (TPSA) is 39.9 Å². The van der Waals surface area contributed by atoms with Crippen LogP contribution in [0.4, 0.5) is 0 Å². The average molecular weight is 229 g/mol. The summed E-state index contributed by atoms with van der Waals surface area (Å²) in [4.78, 5) is 3.36. The van der Waals surface area contributed by atoms with Gasteiger partial charge < -0.3 is 15.6 Å². The smallest absolute Gasteiger partial charge is 0.0456 e. The molecule has 1 aromatic heterocycles. The molecule has 1 saturated heterocycles. The van der Waals surface area contributed by atoms with E-state index >= 15 is 0 Å². The minimum atomic E-state index is 0.559. The summed E-state index contributed by atoms with van der Waals surface area (Å²) in [5.41, 5.74) is 3.99. The summed E-state index contributed by atoms with van der Waals surface area (Å²) >= 11 is 0. The molecule has 1 atom stereocenters. The molecule has 0 saturated carbocycles. The molecule has 2 heterocycles. The maximum atomic E-state index is 3.56. The van der Waals surface area contributed by atoms with E-state index in [0.717, 1.165) is 26.1 Å². The molecule has 17 heavy (non-hydrogen) atoms. The van der Waals surface area contributed by atoms with Crippen molar-refractivity contribution in [3.05, 3.63) is 35.5 Å². The predicted octanol–water partition coefficient (Wildman–Crippen LogP) is 1.58. The van der Waals surface area contributed by atoms with E-state index in [9.17, 15) is 0 Å². The summed E-state index contributed by atoms with van der Waals surface area (Å²) in [6.45, 7) is 5.38. The van der Waals surface area contributed by atoms with Crippen LogP contribution in [0.25, 0.3) is 10.9 Å². The fourth-order valence-electron chi connectivity index (χ4n) is 2.58. The van der Waals surface area contributed by atoms with E-state index in [1.807, 2.05) is 0 Å². The number of benzene rings is 1. The molecular weight excluding hydrogens is 210 g/mol. The minimum absolute atomic E-state index is 0.559. The van der Waals surface area contributed by atoms with Gasteiger partial charge in [-0.1, -0.05) is 11.6 Å². The molecule has 0 amide bonds. The first kappa shape index (κ1) is 10.8. The van der Waals surface area contributed by atoms with Crippen LogP contribution >= 0.6 is 0 Å². The molecule has 3 N–H and O–H groups in total. The summed E-state index contributed by atoms with van der Waals surface area (Å²) in [5.74, 6) is 0. The highest BCUT2D eigenvalue weighted by atomic mass is 15.0. The van der Waals surface area contributed by atoms with Gasteiger partial charge in [-0.2, -0.15) is 0 Å². The molecule has 1 aliphatic heterocycles. The lowest BCUT2D eigenvalue weighted by molar-refractivity contribution is 0.417. The average Bonchev–Trinajstić information content (AvgIpc) is 2.73. The van der Waals surface area contributed by atoms with Gasteiger partial charge in [-0.05, 0) is 31.0 Å². The number of nitrogens with one attached hydrogen (secondary N) is 3. The SMILES string of the molecule is Cc1ccc2[nH]cc(CC3CNCCN3)c2c1. The van der Waals surface area contributed by atoms with Gasteiger partial charge in [-0.3, -0.25) is 0 Å². The largest absolute Gasteiger partial charge is 0.361 e. The van der Waals surface area contributed by atoms with Crippen LogP contribution in [0, 0.1) is 6.92 Å². The third-order valence-corrected chi connectivity index (χ3v) is 3.51. The highest BCUT2D eigenvalue weighted by Gasteiger charge is 2.14. The molecule has 3 rings (SSSR count). The maximum Gasteiger partial charge on any atom is 0.0456 e. The second-order valence-corrected chi connectivity index (χ2v) is 4.92. The van der Waals surface area contributed by atoms with Crippen molar-refractivity contribution in [1.82, 2.24) is 15.6 Å². The van der Waals surface area contributed by atoms with Gasteiger partial charge in [0.2, 0.25) is 0 Å². The van der Waals surface area contributed by atoms with E-state index in [1.165, 1.54) is 22.0 Å². The Morgan fingerprint density at radius 1 is 1.29 bits per heavy atom. The second-order valence-electron chi connectivity index (χ2n) is 4.92. The Kier molecular flexibility index (Phi) is 2.87. The van der Waals surface area contributed by atoms with E-state index in [2.05, 4.69) is 46.9 Å². The standard InChI is InChI=1S/C14H19N3/c1-10-2-3-14-13(6-10)11(8-17-14)7-12-9-15-4-5-16-12/h2-3,6,8,12,15-17H,4-5,7,9H2,1H3. The van der Waals surface area contributed by atoms with Gasteiger partial charge in [0.1, 0.15) is 0 Å². The van der Waals surface area contributed by atoms with E-state index < -0.39 is 0 Å². The van der Waals surface area contributed by atoms with Gasteiger partial charge >= 0.3 is 0 Å². The first-order chi connectivity index (χ1) is 8.33. The molecule has 1 fully saturated rings. The molecule has 3 heteroatoms. The van der Waals surface area contributed by atoms with Crippen molar-refractivity contribution in [1.29, 1.82) is 0 Å². The number of rotatable bonds is 2. The summed E-state index contributed by atoms with van der Waals surface area (Å²) in [6.07, 6.45) is 3.25. The maximum absolute atomic E-state index is 3.56. The molecule has 0 aliphatic carbocycles. The number of aryl methyl sites for hydroxylation is 1. The van der Waals surface area contributed by atoms with Gasteiger partial charge in [0.05, 0.1) is 0 Å². The van der Waals surface area contributed by atoms with Crippen molar-refractivity contribution in [3.8, 4) is 0 Å². The Morgan fingerprint density at radius 2 is 2.24 bits per heavy atom. The summed E-state index contributed by atoms with van der Waals surface area (Å²) < 4.78 is 0. The molecule has 3 nitrogen and oxygen atoms in total. The summed E-state index contributed by atoms with van der Waals surface area (Å²) in [7, 11) is 0. The molecule has 1 aliphatic rings. The molecular formula is C14H19N3. The molecule has 1 unspecified atom stereocenters. The zero-order valence-corrected chi connectivity index (χ0v) is 10.2. The van der Waals surface area contributed by atoms with Crippen LogP contribution in [-0.2, 0) is 6.42 Å². The Hall–Kier alpha value is -1.32. The summed E-state index contributed by atoms with van der Waals surface area (Å²) in [6, 6.07) is 7.16. The predicted molar refractivity (Wildman–Crippen MR) is 71.4 cm³/mol. The number of aromatic nitrogens is 1. The van der Waals surface area contributed by atoms with E-state index in [0.29, 0.717) is 6.04 Å². The normalized spacial score (nSPS) is 20.9. The lowest BCUT2D eigenvalue weighted by Crippen LogP contribution is -2.49. The molecule has 90 valence electrons. The first-order valence-electron chi connectivity index (χ1n) is 6.33. The van der Waals surface area contributed by atoms with Crippen LogP contribution < -0.4 is 10.6 Å². The van der Waals surface area contributed by atoms with Crippen molar-refractivity contribution >= 4 is 10.9 Å². The van der Waals surface area contributed by atoms with E-state index in [-0.39, 0.29) is 0 Å². The van der Waals surface area contributed by atoms with Crippen LogP contribution in [0.5, 0.6) is 0 Å². The number of hydrogen-bond donors (Lipinski definition) is 3. The Morgan fingerprint density at radius 3 is 3.06 bits per heavy atom. The minimum Gasteiger partial charge on any atom is -0.361 e. The zero-order valence-electron chi connectivity index (χ0n) is 10.2. The third kappa shape index (κ3) is 2.21. The van der Waals surface area contributed by atoms with Crippen molar-refractivity contribution in [3.63, 3.8) is 0 Å². The second kappa shape index (κ2) is 4.51. The lowest BCUT2D eigenvalue weighted by Gasteiger charge is -2.24. The fraction of sp³-hybridized carbons (Fsp3) is 0.429. The van der Waals surface area contributed by atoms with Crippen LogP contribution in [0.3, 0.4) is 0 Å². The number of hydrogen-bond acceptors (Lipinski definition) is 2. The number of fused-ring (bicyclic) bond motifs is 1. The van der Waals surface area contributed by atoms with Crippen molar-refractivity contribution in [2.24, 2.45) is 0 Å². The Labute approximate surface area is 102 Å². The van der Waals surface area contributed by atoms with Crippen LogP contribution in [-0.4, -0.2) is 30.7 Å². The van der Waals surface area contributed by atoms with Gasteiger partial charge in [0.25, 0.3) is 0 Å². The Balaban J connectivity index is 1.86. The molecule has 0 bridgehead atoms. The van der Waals surface area contributed by atoms with Gasteiger partial charge in [0, 0.05) is 42.8 Å².